The Morgan fingerprint density at radius 2 is 1.84 bits per heavy atom. The fourth-order valence-electron chi connectivity index (χ4n) is 7.77. The van der Waals surface area contributed by atoms with Gasteiger partial charge in [-0.25, -0.2) is 4.98 Å². The molecule has 0 amide bonds. The maximum Gasteiger partial charge on any atom is 0.181 e. The van der Waals surface area contributed by atoms with E-state index in [0.29, 0.717) is 11.5 Å². The van der Waals surface area contributed by atoms with Crippen LogP contribution in [-0.2, 0) is 12.8 Å². The van der Waals surface area contributed by atoms with Crippen LogP contribution in [0.25, 0.3) is 21.3 Å². The first-order valence-corrected chi connectivity index (χ1v) is 12.6. The number of nitrogens with zero attached hydrogens (tertiary/aromatic N) is 2. The number of hydrogen-bond donors (Lipinski definition) is 1. The first-order valence-electron chi connectivity index (χ1n) is 11.8. The van der Waals surface area contributed by atoms with Gasteiger partial charge in [-0.15, -0.1) is 11.3 Å². The minimum Gasteiger partial charge on any atom is -0.397 e. The molecule has 5 heteroatoms. The number of aromatic nitrogens is 2. The lowest BCUT2D eigenvalue weighted by molar-refractivity contribution is -0.0350. The van der Waals surface area contributed by atoms with Crippen molar-refractivity contribution in [1.82, 2.24) is 9.97 Å². The lowest BCUT2D eigenvalue weighted by Gasteiger charge is -2.55. The smallest absolute Gasteiger partial charge is 0.181 e. The number of thiophene rings is 1. The van der Waals surface area contributed by atoms with Gasteiger partial charge in [0.25, 0.3) is 0 Å². The van der Waals surface area contributed by atoms with Gasteiger partial charge < -0.3 is 5.73 Å². The summed E-state index contributed by atoms with van der Waals surface area (Å²) in [5, 5.41) is 0.992. The van der Waals surface area contributed by atoms with E-state index < -0.39 is 0 Å². The Hall–Kier alpha value is -2.27. The molecule has 31 heavy (non-hydrogen) atoms. The molecule has 0 aromatic carbocycles. The quantitative estimate of drug-likeness (QED) is 0.532. The molecule has 4 nitrogen and oxygen atoms in total. The number of carbonyl (C=O) groups excluding carboxylic acids is 1. The number of nitrogens with two attached hydrogens (primary N) is 1. The normalized spacial score (nSPS) is 30.8. The third-order valence-corrected chi connectivity index (χ3v) is 9.68. The fraction of sp³-hybridized carbons (Fsp3) is 0.500. The Morgan fingerprint density at radius 1 is 1.10 bits per heavy atom. The van der Waals surface area contributed by atoms with Crippen LogP contribution >= 0.6 is 11.3 Å². The van der Waals surface area contributed by atoms with Crippen LogP contribution in [0.5, 0.6) is 0 Å². The minimum absolute atomic E-state index is 0.166. The molecule has 3 aromatic rings. The molecule has 8 rings (SSSR count). The number of fused-ring (bicyclic) bond motifs is 2. The van der Waals surface area contributed by atoms with Gasteiger partial charge in [-0.2, -0.15) is 0 Å². The van der Waals surface area contributed by atoms with Gasteiger partial charge in [-0.3, -0.25) is 9.78 Å². The van der Waals surface area contributed by atoms with Crippen LogP contribution in [0.3, 0.4) is 0 Å². The number of aryl methyl sites for hydroxylation is 1. The summed E-state index contributed by atoms with van der Waals surface area (Å²) in [6.45, 7) is 0. The molecule has 3 aromatic heterocycles. The van der Waals surface area contributed by atoms with E-state index in [1.807, 2.05) is 12.3 Å². The molecule has 0 saturated heterocycles. The molecule has 158 valence electrons. The van der Waals surface area contributed by atoms with Gasteiger partial charge in [0, 0.05) is 40.0 Å². The first kappa shape index (κ1) is 18.3. The van der Waals surface area contributed by atoms with Crippen molar-refractivity contribution in [3.05, 3.63) is 40.7 Å². The summed E-state index contributed by atoms with van der Waals surface area (Å²) in [7, 11) is 0. The van der Waals surface area contributed by atoms with Crippen molar-refractivity contribution < 1.29 is 4.79 Å². The second kappa shape index (κ2) is 6.38. The van der Waals surface area contributed by atoms with Crippen LogP contribution in [0.4, 0.5) is 5.69 Å². The van der Waals surface area contributed by atoms with E-state index in [1.54, 1.807) is 17.5 Å². The zero-order valence-electron chi connectivity index (χ0n) is 17.7. The zero-order valence-corrected chi connectivity index (χ0v) is 18.5. The lowest BCUT2D eigenvalue weighted by atomic mass is 9.48. The van der Waals surface area contributed by atoms with E-state index >= 15 is 0 Å². The third-order valence-electron chi connectivity index (χ3n) is 8.58. The maximum atomic E-state index is 14.1. The monoisotopic (exact) mass is 429 g/mol. The molecule has 5 aliphatic rings. The maximum absolute atomic E-state index is 14.1. The van der Waals surface area contributed by atoms with Crippen molar-refractivity contribution in [3.8, 4) is 11.1 Å². The highest BCUT2D eigenvalue weighted by Gasteiger charge is 2.55. The minimum atomic E-state index is -0.166. The topological polar surface area (TPSA) is 68.9 Å². The summed E-state index contributed by atoms with van der Waals surface area (Å²) in [4.78, 5) is 25.2. The van der Waals surface area contributed by atoms with Gasteiger partial charge in [0.15, 0.2) is 5.78 Å². The summed E-state index contributed by atoms with van der Waals surface area (Å²) >= 11 is 1.55. The molecule has 0 spiro atoms. The van der Waals surface area contributed by atoms with Crippen molar-refractivity contribution in [2.24, 2.45) is 23.2 Å². The van der Waals surface area contributed by atoms with E-state index in [9.17, 15) is 4.79 Å². The van der Waals surface area contributed by atoms with E-state index in [0.717, 1.165) is 76.9 Å². The number of pyridine rings is 2. The van der Waals surface area contributed by atoms with Crippen LogP contribution in [0.2, 0.25) is 0 Å². The van der Waals surface area contributed by atoms with Crippen molar-refractivity contribution in [1.29, 1.82) is 0 Å². The average Bonchev–Trinajstić information content (AvgIpc) is 3.35. The molecular weight excluding hydrogens is 402 g/mol. The van der Waals surface area contributed by atoms with Crippen LogP contribution in [0, 0.1) is 23.2 Å². The summed E-state index contributed by atoms with van der Waals surface area (Å²) in [5.41, 5.74) is 12.1. The molecule has 4 saturated carbocycles. The number of nitrogen functional groups attached to an aromatic ring is 1. The number of rotatable bonds is 3. The van der Waals surface area contributed by atoms with Gasteiger partial charge in [-0.05, 0) is 87.2 Å². The van der Waals surface area contributed by atoms with Crippen molar-refractivity contribution in [2.75, 3.05) is 5.73 Å². The molecule has 2 N–H and O–H groups in total. The fourth-order valence-corrected chi connectivity index (χ4v) is 8.96. The summed E-state index contributed by atoms with van der Waals surface area (Å²) in [6, 6.07) is 4.09. The van der Waals surface area contributed by atoms with E-state index in [-0.39, 0.29) is 5.41 Å². The van der Waals surface area contributed by atoms with Gasteiger partial charge in [0.05, 0.1) is 10.6 Å². The summed E-state index contributed by atoms with van der Waals surface area (Å²) in [6.07, 6.45) is 14.1. The van der Waals surface area contributed by atoms with Crippen molar-refractivity contribution in [3.63, 3.8) is 0 Å². The van der Waals surface area contributed by atoms with Gasteiger partial charge in [0.1, 0.15) is 4.83 Å². The second-order valence-electron chi connectivity index (χ2n) is 10.6. The molecule has 0 radical (unpaired) electrons. The Balaban J connectivity index is 1.41. The molecular formula is C26H27N3OS. The Labute approximate surface area is 186 Å². The Kier molecular flexibility index (Phi) is 3.77. The van der Waals surface area contributed by atoms with E-state index in [4.69, 9.17) is 10.7 Å². The van der Waals surface area contributed by atoms with Gasteiger partial charge in [-0.1, -0.05) is 6.07 Å². The van der Waals surface area contributed by atoms with E-state index in [1.165, 1.54) is 36.1 Å². The number of carbonyl (C=O) groups is 1. The first-order chi connectivity index (χ1) is 15.1. The number of Topliss-reactive ketones (excluding diaryl/α,β-unsaturated/α-hetero) is 1. The molecule has 0 unspecified atom stereocenters. The Bertz CT molecular complexity index is 1190. The number of hydrogen-bond acceptors (Lipinski definition) is 5. The number of ketones is 1. The third kappa shape index (κ3) is 2.56. The highest BCUT2D eigenvalue weighted by Crippen LogP contribution is 2.61. The molecule has 0 atom stereocenters. The summed E-state index contributed by atoms with van der Waals surface area (Å²) < 4.78 is 0. The van der Waals surface area contributed by atoms with Crippen LogP contribution in [-0.4, -0.2) is 15.8 Å². The molecule has 3 heterocycles. The second-order valence-corrected chi connectivity index (χ2v) is 11.6. The molecule has 5 aliphatic carbocycles. The van der Waals surface area contributed by atoms with Crippen molar-refractivity contribution >= 4 is 33.0 Å². The number of anilines is 1. The predicted octanol–water partition coefficient (Wildman–Crippen LogP) is 5.83. The van der Waals surface area contributed by atoms with Gasteiger partial charge >= 0.3 is 0 Å². The van der Waals surface area contributed by atoms with Crippen LogP contribution in [0.1, 0.15) is 65.9 Å². The highest BCUT2D eigenvalue weighted by atomic mass is 32.1. The molecule has 4 bridgehead atoms. The van der Waals surface area contributed by atoms with E-state index in [2.05, 4.69) is 11.1 Å². The average molecular weight is 430 g/mol. The predicted molar refractivity (Wildman–Crippen MR) is 124 cm³/mol. The highest BCUT2D eigenvalue weighted by molar-refractivity contribution is 7.21. The zero-order chi connectivity index (χ0) is 20.7. The standard InChI is InChI=1S/C26H27N3OS/c27-22-21-20(17-3-2-6-28-13-17)18-4-1-5-19(18)29-25(21)31-23(22)24(30)26-10-14-7-15(11-26)9-16(8-14)12-26/h2-3,6,13-16H,1,4-5,7-12,27H2. The SMILES string of the molecule is Nc1c(C(=O)C23CC4CC(CC(C4)C2)C3)sc2nc3c(c(-c4cccnc4)c12)CCC3. The molecule has 0 aliphatic heterocycles. The lowest BCUT2D eigenvalue weighted by Crippen LogP contribution is -2.49. The van der Waals surface area contributed by atoms with Gasteiger partial charge in [0.2, 0.25) is 0 Å². The Morgan fingerprint density at radius 3 is 2.52 bits per heavy atom. The largest absolute Gasteiger partial charge is 0.397 e. The summed E-state index contributed by atoms with van der Waals surface area (Å²) in [5.74, 6) is 2.57. The van der Waals surface area contributed by atoms with Crippen LogP contribution < -0.4 is 5.73 Å². The molecule has 4 fully saturated rings. The van der Waals surface area contributed by atoms with Crippen LogP contribution in [0.15, 0.2) is 24.5 Å². The van der Waals surface area contributed by atoms with Crippen molar-refractivity contribution in [2.45, 2.75) is 57.8 Å².